The van der Waals surface area contributed by atoms with Crippen molar-refractivity contribution in [1.29, 1.82) is 0 Å². The zero-order valence-corrected chi connectivity index (χ0v) is 17.7. The lowest BCUT2D eigenvalue weighted by atomic mass is 9.98. The summed E-state index contributed by atoms with van der Waals surface area (Å²) in [4.78, 5) is 42.3. The van der Waals surface area contributed by atoms with E-state index in [4.69, 9.17) is 0 Å². The van der Waals surface area contributed by atoms with Crippen LogP contribution >= 0.6 is 0 Å². The van der Waals surface area contributed by atoms with Crippen LogP contribution in [0, 0.1) is 0 Å². The van der Waals surface area contributed by atoms with E-state index >= 15 is 0 Å². The van der Waals surface area contributed by atoms with Crippen LogP contribution in [0.15, 0.2) is 67.0 Å². The third kappa shape index (κ3) is 3.24. The molecule has 3 aromatic rings. The Hall–Kier alpha value is -3.94. The molecule has 162 valence electrons. The van der Waals surface area contributed by atoms with Gasteiger partial charge in [0.25, 0.3) is 5.91 Å². The minimum absolute atomic E-state index is 0.0394. The van der Waals surface area contributed by atoms with Gasteiger partial charge in [-0.15, -0.1) is 0 Å². The lowest BCUT2D eigenvalue weighted by molar-refractivity contribution is -0.120. The fraction of sp³-hybridized carbons (Fsp3) is 0.250. The molecule has 8 heteroatoms. The molecule has 0 spiro atoms. The summed E-state index contributed by atoms with van der Waals surface area (Å²) in [5.74, 6) is -0.595. The van der Waals surface area contributed by atoms with Gasteiger partial charge in [0.2, 0.25) is 11.8 Å². The summed E-state index contributed by atoms with van der Waals surface area (Å²) in [7, 11) is 0. The quantitative estimate of drug-likeness (QED) is 0.676. The van der Waals surface area contributed by atoms with Crippen molar-refractivity contribution in [1.82, 2.24) is 14.7 Å². The molecular weight excluding hydrogens is 406 g/mol. The molecule has 0 bridgehead atoms. The number of carbonyl (C=O) groups excluding carboxylic acids is 3. The van der Waals surface area contributed by atoms with Crippen molar-refractivity contribution in [2.75, 3.05) is 16.8 Å². The van der Waals surface area contributed by atoms with Crippen LogP contribution in [0.5, 0.6) is 0 Å². The Kier molecular flexibility index (Phi) is 4.77. The molecule has 0 radical (unpaired) electrons. The highest BCUT2D eigenvalue weighted by Crippen LogP contribution is 2.43. The van der Waals surface area contributed by atoms with Crippen LogP contribution < -0.4 is 10.2 Å². The first-order valence-corrected chi connectivity index (χ1v) is 10.6. The highest BCUT2D eigenvalue weighted by atomic mass is 16.2. The minimum Gasteiger partial charge on any atom is -0.324 e. The summed E-state index contributed by atoms with van der Waals surface area (Å²) in [5, 5.41) is 7.17. The molecule has 0 saturated carbocycles. The molecular formula is C24H23N5O3. The molecule has 1 aromatic heterocycles. The Morgan fingerprint density at radius 1 is 1.09 bits per heavy atom. The Labute approximate surface area is 185 Å². The highest BCUT2D eigenvalue weighted by molar-refractivity contribution is 6.11. The smallest absolute Gasteiger partial charge is 0.258 e. The van der Waals surface area contributed by atoms with E-state index in [0.717, 1.165) is 5.56 Å². The zero-order chi connectivity index (χ0) is 22.3. The predicted molar refractivity (Wildman–Crippen MR) is 119 cm³/mol. The molecule has 5 rings (SSSR count). The van der Waals surface area contributed by atoms with E-state index in [9.17, 15) is 14.4 Å². The van der Waals surface area contributed by atoms with E-state index < -0.39 is 5.66 Å². The van der Waals surface area contributed by atoms with Crippen LogP contribution in [0.2, 0.25) is 0 Å². The van der Waals surface area contributed by atoms with Gasteiger partial charge in [0.15, 0.2) is 0 Å². The standard InChI is InChI=1S/C24H23N5O3/c1-24-12-11-22(31)29(24)20-10-5-3-8-18(20)23(32)28(24)16-21(30)26-19-9-4-2-7-17(19)15-27-14-6-13-25-27/h2-10,13-14H,11-12,15-16H2,1H3,(H,26,30). The molecule has 0 aliphatic carbocycles. The summed E-state index contributed by atoms with van der Waals surface area (Å²) in [6.07, 6.45) is 4.38. The fourth-order valence-corrected chi connectivity index (χ4v) is 4.62. The predicted octanol–water partition coefficient (Wildman–Crippen LogP) is 2.87. The number of hydrogen-bond acceptors (Lipinski definition) is 4. The van der Waals surface area contributed by atoms with E-state index in [1.807, 2.05) is 49.5 Å². The molecule has 2 aliphatic heterocycles. The number of amides is 3. The van der Waals surface area contributed by atoms with Crippen LogP contribution in [-0.4, -0.2) is 44.6 Å². The highest BCUT2D eigenvalue weighted by Gasteiger charge is 2.53. The minimum atomic E-state index is -0.867. The van der Waals surface area contributed by atoms with E-state index in [-0.39, 0.29) is 24.3 Å². The van der Waals surface area contributed by atoms with Gasteiger partial charge < -0.3 is 10.2 Å². The van der Waals surface area contributed by atoms with E-state index in [1.54, 1.807) is 34.0 Å². The summed E-state index contributed by atoms with van der Waals surface area (Å²) < 4.78 is 1.78. The summed E-state index contributed by atoms with van der Waals surface area (Å²) in [6, 6.07) is 16.4. The normalized spacial score (nSPS) is 19.7. The number of nitrogens with one attached hydrogen (secondary N) is 1. The molecule has 32 heavy (non-hydrogen) atoms. The van der Waals surface area contributed by atoms with Gasteiger partial charge in [-0.25, -0.2) is 0 Å². The third-order valence-electron chi connectivity index (χ3n) is 6.23. The van der Waals surface area contributed by atoms with Crippen LogP contribution in [0.1, 0.15) is 35.7 Å². The van der Waals surface area contributed by atoms with Crippen molar-refractivity contribution >= 4 is 29.1 Å². The van der Waals surface area contributed by atoms with Crippen LogP contribution in [0.4, 0.5) is 11.4 Å². The van der Waals surface area contributed by atoms with Crippen LogP contribution in [0.25, 0.3) is 0 Å². The molecule has 8 nitrogen and oxygen atoms in total. The first-order chi connectivity index (χ1) is 15.5. The monoisotopic (exact) mass is 429 g/mol. The topological polar surface area (TPSA) is 87.5 Å². The molecule has 3 amide bonds. The number of fused-ring (bicyclic) bond motifs is 3. The average Bonchev–Trinajstić information content (AvgIpc) is 3.41. The fourth-order valence-electron chi connectivity index (χ4n) is 4.62. The summed E-state index contributed by atoms with van der Waals surface area (Å²) in [5.41, 5.74) is 1.76. The van der Waals surface area contributed by atoms with Gasteiger partial charge in [-0.1, -0.05) is 30.3 Å². The van der Waals surface area contributed by atoms with Crippen molar-refractivity contribution in [2.45, 2.75) is 32.0 Å². The Morgan fingerprint density at radius 3 is 2.69 bits per heavy atom. The average molecular weight is 429 g/mol. The van der Waals surface area contributed by atoms with E-state index in [0.29, 0.717) is 36.3 Å². The van der Waals surface area contributed by atoms with Crippen molar-refractivity contribution in [3.05, 3.63) is 78.1 Å². The molecule has 2 aliphatic rings. The largest absolute Gasteiger partial charge is 0.324 e. The van der Waals surface area contributed by atoms with Gasteiger partial charge in [0.1, 0.15) is 12.2 Å². The number of rotatable bonds is 5. The number of aromatic nitrogens is 2. The second-order valence-electron chi connectivity index (χ2n) is 8.26. The van der Waals surface area contributed by atoms with Gasteiger partial charge in [0, 0.05) is 24.5 Å². The van der Waals surface area contributed by atoms with Crippen molar-refractivity contribution in [3.63, 3.8) is 0 Å². The summed E-state index contributed by atoms with van der Waals surface area (Å²) in [6.45, 7) is 2.22. The lowest BCUT2D eigenvalue weighted by Gasteiger charge is -2.48. The molecule has 1 saturated heterocycles. The molecule has 1 unspecified atom stereocenters. The second-order valence-corrected chi connectivity index (χ2v) is 8.26. The number of carbonyl (C=O) groups is 3. The zero-order valence-electron chi connectivity index (χ0n) is 17.7. The number of anilines is 2. The van der Waals surface area contributed by atoms with Gasteiger partial charge in [0.05, 0.1) is 17.8 Å². The second kappa shape index (κ2) is 7.64. The lowest BCUT2D eigenvalue weighted by Crippen LogP contribution is -2.63. The third-order valence-corrected chi connectivity index (χ3v) is 6.23. The Balaban J connectivity index is 1.40. The molecule has 1 fully saturated rings. The van der Waals surface area contributed by atoms with E-state index in [1.165, 1.54) is 4.90 Å². The van der Waals surface area contributed by atoms with Crippen molar-refractivity contribution < 1.29 is 14.4 Å². The number of hydrogen-bond donors (Lipinski definition) is 1. The molecule has 1 atom stereocenters. The number of nitrogens with zero attached hydrogens (tertiary/aromatic N) is 4. The first-order valence-electron chi connectivity index (χ1n) is 10.6. The van der Waals surface area contributed by atoms with Gasteiger partial charge in [-0.3, -0.25) is 24.0 Å². The number of para-hydroxylation sites is 2. The van der Waals surface area contributed by atoms with Crippen molar-refractivity contribution in [2.24, 2.45) is 0 Å². The molecule has 1 N–H and O–H groups in total. The Bertz CT molecular complexity index is 1210. The first kappa shape index (κ1) is 20.0. The van der Waals surface area contributed by atoms with Gasteiger partial charge in [-0.2, -0.15) is 5.10 Å². The molecule has 2 aromatic carbocycles. The number of benzene rings is 2. The maximum atomic E-state index is 13.3. The van der Waals surface area contributed by atoms with Crippen LogP contribution in [0.3, 0.4) is 0 Å². The van der Waals surface area contributed by atoms with E-state index in [2.05, 4.69) is 10.4 Å². The summed E-state index contributed by atoms with van der Waals surface area (Å²) >= 11 is 0. The van der Waals surface area contributed by atoms with Gasteiger partial charge in [-0.05, 0) is 43.2 Å². The Morgan fingerprint density at radius 2 is 1.88 bits per heavy atom. The SMILES string of the molecule is CC12CCC(=O)N1c1ccccc1C(=O)N2CC(=O)Nc1ccccc1Cn1cccn1. The van der Waals surface area contributed by atoms with Crippen LogP contribution in [-0.2, 0) is 16.1 Å². The molecule has 3 heterocycles. The maximum absolute atomic E-state index is 13.3. The maximum Gasteiger partial charge on any atom is 0.258 e. The van der Waals surface area contributed by atoms with Gasteiger partial charge >= 0.3 is 0 Å². The van der Waals surface area contributed by atoms with Crippen molar-refractivity contribution in [3.8, 4) is 0 Å².